The number of amides is 2. The van der Waals surface area contributed by atoms with E-state index in [4.69, 9.17) is 15.9 Å². The van der Waals surface area contributed by atoms with Gasteiger partial charge in [0.2, 0.25) is 5.78 Å². The molecule has 0 aromatic carbocycles. The molecule has 2 aromatic rings. The molecule has 0 radical (unpaired) electrons. The third-order valence-electron chi connectivity index (χ3n) is 3.28. The highest BCUT2D eigenvalue weighted by molar-refractivity contribution is 6.45. The number of Topliss-reactive ketones (excluding diaryl/α,β-unsaturated/α-hetero) is 1. The van der Waals surface area contributed by atoms with Gasteiger partial charge in [0.1, 0.15) is 11.8 Å². The van der Waals surface area contributed by atoms with Crippen LogP contribution in [0.2, 0.25) is 0 Å². The van der Waals surface area contributed by atoms with Gasteiger partial charge < -0.3 is 21.2 Å². The van der Waals surface area contributed by atoms with E-state index in [1.54, 1.807) is 18.2 Å². The molecule has 0 aliphatic carbocycles. The molecule has 2 amide bonds. The van der Waals surface area contributed by atoms with E-state index >= 15 is 0 Å². The van der Waals surface area contributed by atoms with E-state index in [9.17, 15) is 14.4 Å². The van der Waals surface area contributed by atoms with Crippen LogP contribution in [0.1, 0.15) is 5.56 Å². The lowest BCUT2D eigenvalue weighted by atomic mass is 10.0. The van der Waals surface area contributed by atoms with Gasteiger partial charge in [-0.3, -0.25) is 19.4 Å². The van der Waals surface area contributed by atoms with Gasteiger partial charge in [-0.25, -0.2) is 4.99 Å². The third-order valence-corrected chi connectivity index (χ3v) is 3.28. The number of aliphatic imine (C=N–C) groups is 1. The molecule has 134 valence electrons. The van der Waals surface area contributed by atoms with Crippen molar-refractivity contribution in [2.24, 2.45) is 16.5 Å². The number of carbonyl (C=O) groups is 3. The first-order valence-electron chi connectivity index (χ1n) is 7.54. The summed E-state index contributed by atoms with van der Waals surface area (Å²) in [5.41, 5.74) is 11.5. The Hall–Kier alpha value is -3.75. The molecule has 2 aromatic heterocycles. The van der Waals surface area contributed by atoms with Crippen molar-refractivity contribution in [3.8, 4) is 0 Å². The molecule has 9 nitrogen and oxygen atoms in total. The Balaban J connectivity index is 2.23. The largest absolute Gasteiger partial charge is 0.472 e. The number of rotatable bonds is 8. The number of nitrogens with zero attached hydrogens (tertiary/aromatic N) is 2. The Bertz CT molecular complexity index is 828. The number of aromatic nitrogens is 1. The average molecular weight is 355 g/mol. The Morgan fingerprint density at radius 3 is 2.58 bits per heavy atom. The number of nitrogens with one attached hydrogen (secondary N) is 1. The third kappa shape index (κ3) is 5.13. The van der Waals surface area contributed by atoms with E-state index in [-0.39, 0.29) is 12.1 Å². The fourth-order valence-corrected chi connectivity index (χ4v) is 2.07. The van der Waals surface area contributed by atoms with Gasteiger partial charge in [-0.1, -0.05) is 0 Å². The highest BCUT2D eigenvalue weighted by Gasteiger charge is 2.26. The highest BCUT2D eigenvalue weighted by Crippen LogP contribution is 2.10. The highest BCUT2D eigenvalue weighted by atomic mass is 16.3. The van der Waals surface area contributed by atoms with E-state index in [1.165, 1.54) is 31.0 Å². The summed E-state index contributed by atoms with van der Waals surface area (Å²) in [6.07, 6.45) is 8.30. The summed E-state index contributed by atoms with van der Waals surface area (Å²) >= 11 is 0. The maximum absolute atomic E-state index is 12.5. The predicted octanol–water partition coefficient (Wildman–Crippen LogP) is 0.00140. The SMILES string of the molecule is N/C=C\C(=Nc1ccncc1)C(=O)NC(Cc1ccoc1)C(=O)C(N)=O. The van der Waals surface area contributed by atoms with Crippen molar-refractivity contribution < 1.29 is 18.8 Å². The fourth-order valence-electron chi connectivity index (χ4n) is 2.07. The number of carbonyl (C=O) groups excluding carboxylic acids is 3. The molecule has 0 aliphatic rings. The number of furan rings is 1. The molecule has 26 heavy (non-hydrogen) atoms. The first kappa shape index (κ1) is 18.6. The lowest BCUT2D eigenvalue weighted by molar-refractivity contribution is -0.137. The molecule has 0 fully saturated rings. The van der Waals surface area contributed by atoms with Crippen molar-refractivity contribution in [3.63, 3.8) is 0 Å². The standard InChI is InChI=1S/C17H17N5O4/c18-5-1-13(21-12-2-6-20-7-3-12)17(25)22-14(15(23)16(19)24)9-11-4-8-26-10-11/h1-8,10,14H,9,18H2,(H2,19,24)(H,22,25)/b5-1-,21-13?. The molecule has 5 N–H and O–H groups in total. The molecule has 0 spiro atoms. The maximum atomic E-state index is 12.5. The molecule has 1 unspecified atom stereocenters. The summed E-state index contributed by atoms with van der Waals surface area (Å²) in [5, 5.41) is 2.46. The lowest BCUT2D eigenvalue weighted by Gasteiger charge is -2.15. The van der Waals surface area contributed by atoms with Gasteiger partial charge in [-0.05, 0) is 36.0 Å². The first-order chi connectivity index (χ1) is 12.5. The summed E-state index contributed by atoms with van der Waals surface area (Å²) < 4.78 is 4.93. The Morgan fingerprint density at radius 2 is 2.00 bits per heavy atom. The van der Waals surface area contributed by atoms with Crippen LogP contribution < -0.4 is 16.8 Å². The number of primary amides is 1. The minimum Gasteiger partial charge on any atom is -0.472 e. The molecule has 0 saturated heterocycles. The molecular formula is C17H17N5O4. The Morgan fingerprint density at radius 1 is 1.27 bits per heavy atom. The van der Waals surface area contributed by atoms with Crippen LogP contribution in [-0.2, 0) is 20.8 Å². The van der Waals surface area contributed by atoms with Crippen LogP contribution in [0.15, 0.2) is 64.8 Å². The molecule has 0 aliphatic heterocycles. The van der Waals surface area contributed by atoms with Crippen LogP contribution in [0.4, 0.5) is 5.69 Å². The molecule has 0 bridgehead atoms. The van der Waals surface area contributed by atoms with Gasteiger partial charge >= 0.3 is 0 Å². The Labute approximate surface area is 148 Å². The predicted molar refractivity (Wildman–Crippen MR) is 93.2 cm³/mol. The van der Waals surface area contributed by atoms with Crippen LogP contribution in [0.25, 0.3) is 0 Å². The topological polar surface area (TPSA) is 154 Å². The second-order valence-corrected chi connectivity index (χ2v) is 5.15. The van der Waals surface area contributed by atoms with Gasteiger partial charge in [0.15, 0.2) is 0 Å². The van der Waals surface area contributed by atoms with Crippen LogP contribution >= 0.6 is 0 Å². The van der Waals surface area contributed by atoms with Gasteiger partial charge in [-0.2, -0.15) is 0 Å². The van der Waals surface area contributed by atoms with Gasteiger partial charge in [0.05, 0.1) is 18.2 Å². The van der Waals surface area contributed by atoms with Crippen molar-refractivity contribution in [1.29, 1.82) is 0 Å². The fraction of sp³-hybridized carbons (Fsp3) is 0.118. The van der Waals surface area contributed by atoms with E-state index in [0.29, 0.717) is 11.3 Å². The van der Waals surface area contributed by atoms with Crippen molar-refractivity contribution >= 4 is 29.0 Å². The summed E-state index contributed by atoms with van der Waals surface area (Å²) in [6, 6.07) is 3.63. The summed E-state index contributed by atoms with van der Waals surface area (Å²) in [5.74, 6) is -2.77. The number of pyridine rings is 1. The molecule has 2 heterocycles. The molecule has 2 rings (SSSR count). The molecule has 0 saturated carbocycles. The van der Waals surface area contributed by atoms with Crippen molar-refractivity contribution in [3.05, 3.63) is 61.0 Å². The number of hydrogen-bond acceptors (Lipinski definition) is 7. The monoisotopic (exact) mass is 355 g/mol. The number of ketones is 1. The Kier molecular flexibility index (Phi) is 6.38. The summed E-state index contributed by atoms with van der Waals surface area (Å²) in [7, 11) is 0. The van der Waals surface area contributed by atoms with Crippen molar-refractivity contribution in [1.82, 2.24) is 10.3 Å². The summed E-state index contributed by atoms with van der Waals surface area (Å²) in [4.78, 5) is 43.8. The van der Waals surface area contributed by atoms with Crippen LogP contribution in [0.5, 0.6) is 0 Å². The average Bonchev–Trinajstić information content (AvgIpc) is 3.14. The quantitative estimate of drug-likeness (QED) is 0.447. The molecular weight excluding hydrogens is 338 g/mol. The van der Waals surface area contributed by atoms with E-state index in [2.05, 4.69) is 15.3 Å². The number of nitrogens with two attached hydrogens (primary N) is 2. The van der Waals surface area contributed by atoms with E-state index in [1.807, 2.05) is 0 Å². The van der Waals surface area contributed by atoms with E-state index < -0.39 is 23.6 Å². The van der Waals surface area contributed by atoms with Gasteiger partial charge in [0, 0.05) is 18.8 Å². The van der Waals surface area contributed by atoms with Crippen LogP contribution in [0, 0.1) is 0 Å². The molecule has 9 heteroatoms. The van der Waals surface area contributed by atoms with Crippen molar-refractivity contribution in [2.75, 3.05) is 0 Å². The van der Waals surface area contributed by atoms with Crippen molar-refractivity contribution in [2.45, 2.75) is 12.5 Å². The van der Waals surface area contributed by atoms with E-state index in [0.717, 1.165) is 6.20 Å². The zero-order valence-electron chi connectivity index (χ0n) is 13.7. The molecule has 1 atom stereocenters. The number of hydrogen-bond donors (Lipinski definition) is 3. The zero-order chi connectivity index (χ0) is 18.9. The van der Waals surface area contributed by atoms with Gasteiger partial charge in [-0.15, -0.1) is 0 Å². The minimum atomic E-state index is -1.16. The second-order valence-electron chi connectivity index (χ2n) is 5.15. The second kappa shape index (κ2) is 8.92. The normalized spacial score (nSPS) is 12.7. The maximum Gasteiger partial charge on any atom is 0.287 e. The van der Waals surface area contributed by atoms with Gasteiger partial charge in [0.25, 0.3) is 11.8 Å². The minimum absolute atomic E-state index is 0.0406. The first-order valence-corrected chi connectivity index (χ1v) is 7.54. The lowest BCUT2D eigenvalue weighted by Crippen LogP contribution is -2.49. The smallest absolute Gasteiger partial charge is 0.287 e. The van der Waals surface area contributed by atoms with Crippen LogP contribution in [-0.4, -0.2) is 34.3 Å². The zero-order valence-corrected chi connectivity index (χ0v) is 13.7. The van der Waals surface area contributed by atoms with Crippen LogP contribution in [0.3, 0.4) is 0 Å². The summed E-state index contributed by atoms with van der Waals surface area (Å²) in [6.45, 7) is 0.